The molecule has 1 aromatic heterocycles. The number of likely N-dealkylation sites (tertiary alicyclic amines) is 1. The van der Waals surface area contributed by atoms with Crippen LogP contribution in [0.3, 0.4) is 0 Å². The molecule has 1 aliphatic heterocycles. The van der Waals surface area contributed by atoms with Crippen LogP contribution in [0.5, 0.6) is 0 Å². The molecule has 0 aromatic carbocycles. The van der Waals surface area contributed by atoms with Gasteiger partial charge in [-0.25, -0.2) is 0 Å². The van der Waals surface area contributed by atoms with Crippen LogP contribution in [0.4, 0.5) is 0 Å². The highest BCUT2D eigenvalue weighted by atomic mass is 35.5. The van der Waals surface area contributed by atoms with Crippen molar-refractivity contribution < 1.29 is 9.32 Å². The standard InChI is InChI=1S/C15H23N3O2.ClH/c1-9-12(10(2)20-17-9)6-15(19)18-7-11-4-3-5-14(16)13(11)8-18;/h11,13-14H,3-8,16H2,1-2H3;1H. The number of carbonyl (C=O) groups excluding carboxylic acids is 1. The molecule has 2 N–H and O–H groups in total. The highest BCUT2D eigenvalue weighted by molar-refractivity contribution is 5.85. The van der Waals surface area contributed by atoms with E-state index in [0.717, 1.165) is 36.5 Å². The summed E-state index contributed by atoms with van der Waals surface area (Å²) >= 11 is 0. The zero-order chi connectivity index (χ0) is 14.3. The minimum atomic E-state index is 0. The van der Waals surface area contributed by atoms with Crippen molar-refractivity contribution in [3.8, 4) is 0 Å². The molecule has 3 rings (SSSR count). The van der Waals surface area contributed by atoms with Crippen molar-refractivity contribution in [2.24, 2.45) is 17.6 Å². The van der Waals surface area contributed by atoms with Crippen LogP contribution in [-0.4, -0.2) is 35.1 Å². The van der Waals surface area contributed by atoms with E-state index in [1.807, 2.05) is 18.7 Å². The molecule has 1 amide bonds. The van der Waals surface area contributed by atoms with Crippen molar-refractivity contribution in [2.45, 2.75) is 45.6 Å². The van der Waals surface area contributed by atoms with E-state index >= 15 is 0 Å². The summed E-state index contributed by atoms with van der Waals surface area (Å²) in [5, 5.41) is 3.91. The van der Waals surface area contributed by atoms with Crippen molar-refractivity contribution in [1.29, 1.82) is 0 Å². The highest BCUT2D eigenvalue weighted by Crippen LogP contribution is 2.35. The summed E-state index contributed by atoms with van der Waals surface area (Å²) in [4.78, 5) is 14.5. The minimum Gasteiger partial charge on any atom is -0.361 e. The van der Waals surface area contributed by atoms with Gasteiger partial charge in [0.25, 0.3) is 0 Å². The molecule has 0 bridgehead atoms. The van der Waals surface area contributed by atoms with Gasteiger partial charge in [-0.05, 0) is 38.5 Å². The topological polar surface area (TPSA) is 72.4 Å². The number of amides is 1. The number of carbonyl (C=O) groups is 1. The van der Waals surface area contributed by atoms with Gasteiger partial charge in [0.2, 0.25) is 5.91 Å². The van der Waals surface area contributed by atoms with E-state index < -0.39 is 0 Å². The minimum absolute atomic E-state index is 0. The number of aromatic nitrogens is 1. The van der Waals surface area contributed by atoms with E-state index in [-0.39, 0.29) is 24.4 Å². The van der Waals surface area contributed by atoms with Crippen LogP contribution in [0.25, 0.3) is 0 Å². The number of hydrogen-bond donors (Lipinski definition) is 1. The van der Waals surface area contributed by atoms with Crippen molar-refractivity contribution in [2.75, 3.05) is 13.1 Å². The lowest BCUT2D eigenvalue weighted by molar-refractivity contribution is -0.129. The van der Waals surface area contributed by atoms with Gasteiger partial charge in [-0.1, -0.05) is 11.6 Å². The maximum atomic E-state index is 12.5. The average molecular weight is 314 g/mol. The Morgan fingerprint density at radius 1 is 1.38 bits per heavy atom. The number of halogens is 1. The molecule has 0 radical (unpaired) electrons. The second-order valence-corrected chi connectivity index (χ2v) is 6.30. The van der Waals surface area contributed by atoms with Crippen LogP contribution in [0, 0.1) is 25.7 Å². The molecule has 2 fully saturated rings. The first-order valence-electron chi connectivity index (χ1n) is 7.51. The van der Waals surface area contributed by atoms with E-state index in [2.05, 4.69) is 5.16 Å². The fourth-order valence-corrected chi connectivity index (χ4v) is 3.74. The number of nitrogens with zero attached hydrogens (tertiary/aromatic N) is 2. The molecule has 0 spiro atoms. The molecule has 118 valence electrons. The Hall–Kier alpha value is -1.07. The predicted octanol–water partition coefficient (Wildman–Crippen LogP) is 1.84. The molecule has 3 unspecified atom stereocenters. The Morgan fingerprint density at radius 3 is 2.76 bits per heavy atom. The molecule has 1 saturated carbocycles. The summed E-state index contributed by atoms with van der Waals surface area (Å²) in [5.41, 5.74) is 7.97. The van der Waals surface area contributed by atoms with Gasteiger partial charge in [0.15, 0.2) is 0 Å². The highest BCUT2D eigenvalue weighted by Gasteiger charge is 2.40. The first-order valence-corrected chi connectivity index (χ1v) is 7.51. The van der Waals surface area contributed by atoms with Crippen molar-refractivity contribution in [3.05, 3.63) is 17.0 Å². The summed E-state index contributed by atoms with van der Waals surface area (Å²) in [7, 11) is 0. The second-order valence-electron chi connectivity index (χ2n) is 6.30. The fourth-order valence-electron chi connectivity index (χ4n) is 3.74. The van der Waals surface area contributed by atoms with E-state index in [4.69, 9.17) is 10.3 Å². The lowest BCUT2D eigenvalue weighted by Gasteiger charge is -2.29. The normalized spacial score (nSPS) is 28.1. The zero-order valence-corrected chi connectivity index (χ0v) is 13.5. The Morgan fingerprint density at radius 2 is 2.14 bits per heavy atom. The Balaban J connectivity index is 0.00000161. The summed E-state index contributed by atoms with van der Waals surface area (Å²) in [6.07, 6.45) is 3.92. The largest absolute Gasteiger partial charge is 0.361 e. The van der Waals surface area contributed by atoms with E-state index in [1.165, 1.54) is 12.8 Å². The van der Waals surface area contributed by atoms with Crippen molar-refractivity contribution in [3.63, 3.8) is 0 Å². The molecule has 1 aromatic rings. The maximum absolute atomic E-state index is 12.5. The van der Waals surface area contributed by atoms with E-state index in [1.54, 1.807) is 0 Å². The first-order chi connectivity index (χ1) is 9.56. The lowest BCUT2D eigenvalue weighted by Crippen LogP contribution is -2.38. The number of aryl methyl sites for hydroxylation is 2. The van der Waals surface area contributed by atoms with Gasteiger partial charge < -0.3 is 15.2 Å². The zero-order valence-electron chi connectivity index (χ0n) is 12.7. The third-order valence-electron chi connectivity index (χ3n) is 5.02. The smallest absolute Gasteiger partial charge is 0.227 e. The fraction of sp³-hybridized carbons (Fsp3) is 0.733. The van der Waals surface area contributed by atoms with Crippen LogP contribution in [-0.2, 0) is 11.2 Å². The summed E-state index contributed by atoms with van der Waals surface area (Å²) in [5.74, 6) is 2.04. The molecular weight excluding hydrogens is 290 g/mol. The summed E-state index contributed by atoms with van der Waals surface area (Å²) in [6, 6.07) is 0.269. The quantitative estimate of drug-likeness (QED) is 0.904. The molecule has 2 heterocycles. The van der Waals surface area contributed by atoms with Gasteiger partial charge in [0.1, 0.15) is 5.76 Å². The van der Waals surface area contributed by atoms with Crippen LogP contribution < -0.4 is 5.73 Å². The lowest BCUT2D eigenvalue weighted by atomic mass is 9.78. The predicted molar refractivity (Wildman–Crippen MR) is 82.3 cm³/mol. The van der Waals surface area contributed by atoms with Gasteiger partial charge in [-0.15, -0.1) is 12.4 Å². The number of nitrogens with two attached hydrogens (primary N) is 1. The average Bonchev–Trinajstić information content (AvgIpc) is 2.98. The van der Waals surface area contributed by atoms with Crippen LogP contribution >= 0.6 is 12.4 Å². The third-order valence-corrected chi connectivity index (χ3v) is 5.02. The van der Waals surface area contributed by atoms with Gasteiger partial charge in [-0.3, -0.25) is 4.79 Å². The van der Waals surface area contributed by atoms with Gasteiger partial charge >= 0.3 is 0 Å². The molecule has 1 aliphatic carbocycles. The molecule has 2 aliphatic rings. The van der Waals surface area contributed by atoms with Crippen LogP contribution in [0.2, 0.25) is 0 Å². The van der Waals surface area contributed by atoms with E-state index in [0.29, 0.717) is 18.3 Å². The Labute approximate surface area is 131 Å². The van der Waals surface area contributed by atoms with Gasteiger partial charge in [0.05, 0.1) is 12.1 Å². The first kappa shape index (κ1) is 16.3. The Kier molecular flexibility index (Phi) is 4.94. The summed E-state index contributed by atoms with van der Waals surface area (Å²) in [6.45, 7) is 5.45. The molecule has 3 atom stereocenters. The Bertz CT molecular complexity index is 498. The third kappa shape index (κ3) is 3.09. The molecule has 1 saturated heterocycles. The SMILES string of the molecule is Cc1noc(C)c1CC(=O)N1CC2CCCC(N)C2C1.Cl. The molecular formula is C15H24ClN3O2. The number of rotatable bonds is 2. The molecule has 6 heteroatoms. The van der Waals surface area contributed by atoms with Gasteiger partial charge in [-0.2, -0.15) is 0 Å². The van der Waals surface area contributed by atoms with Gasteiger partial charge in [0, 0.05) is 24.7 Å². The summed E-state index contributed by atoms with van der Waals surface area (Å²) < 4.78 is 5.13. The number of fused-ring (bicyclic) bond motifs is 1. The second kappa shape index (κ2) is 6.36. The van der Waals surface area contributed by atoms with Crippen molar-refractivity contribution >= 4 is 18.3 Å². The van der Waals surface area contributed by atoms with E-state index in [9.17, 15) is 4.79 Å². The monoisotopic (exact) mass is 313 g/mol. The van der Waals surface area contributed by atoms with Crippen LogP contribution in [0.1, 0.15) is 36.3 Å². The maximum Gasteiger partial charge on any atom is 0.227 e. The number of hydrogen-bond acceptors (Lipinski definition) is 4. The molecule has 5 nitrogen and oxygen atoms in total. The molecule has 21 heavy (non-hydrogen) atoms. The van der Waals surface area contributed by atoms with Crippen molar-refractivity contribution in [1.82, 2.24) is 10.1 Å². The van der Waals surface area contributed by atoms with Crippen LogP contribution in [0.15, 0.2) is 4.52 Å².